The Labute approximate surface area is 157 Å². The van der Waals surface area contributed by atoms with Gasteiger partial charge in [0.1, 0.15) is 5.75 Å². The lowest BCUT2D eigenvalue weighted by molar-refractivity contribution is 0.0697. The lowest BCUT2D eigenvalue weighted by Gasteiger charge is -2.14. The molecule has 0 heterocycles. The largest absolute Gasteiger partial charge is 0.493 e. The molecule has 0 saturated heterocycles. The first-order valence-corrected chi connectivity index (χ1v) is 9.15. The van der Waals surface area contributed by atoms with Crippen molar-refractivity contribution in [1.29, 1.82) is 0 Å². The number of anilines is 1. The van der Waals surface area contributed by atoms with Crippen molar-refractivity contribution in [1.82, 2.24) is 0 Å². The minimum atomic E-state index is -0.926. The van der Waals surface area contributed by atoms with E-state index in [0.717, 1.165) is 39.8 Å². The Balaban J connectivity index is 1.83. The number of ether oxygens (including phenoxy) is 1. The van der Waals surface area contributed by atoms with Crippen LogP contribution in [0.3, 0.4) is 0 Å². The van der Waals surface area contributed by atoms with Gasteiger partial charge in [-0.3, -0.25) is 0 Å². The van der Waals surface area contributed by atoms with Crippen LogP contribution in [0.25, 0.3) is 0 Å². The van der Waals surface area contributed by atoms with Crippen molar-refractivity contribution in [3.63, 3.8) is 0 Å². The monoisotopic (exact) mass is 405 g/mol. The molecule has 0 aliphatic rings. The maximum atomic E-state index is 11.4. The Morgan fingerprint density at radius 3 is 2.48 bits per heavy atom. The van der Waals surface area contributed by atoms with Crippen LogP contribution in [0.4, 0.5) is 5.69 Å². The van der Waals surface area contributed by atoms with Gasteiger partial charge in [0.2, 0.25) is 0 Å². The van der Waals surface area contributed by atoms with E-state index in [-0.39, 0.29) is 0 Å². The van der Waals surface area contributed by atoms with Crippen LogP contribution in [0.1, 0.15) is 39.9 Å². The summed E-state index contributed by atoms with van der Waals surface area (Å²) >= 11 is 3.45. The van der Waals surface area contributed by atoms with Gasteiger partial charge in [-0.15, -0.1) is 0 Å². The maximum absolute atomic E-state index is 11.4. The van der Waals surface area contributed by atoms with E-state index in [2.05, 4.69) is 21.2 Å². The van der Waals surface area contributed by atoms with Gasteiger partial charge in [-0.2, -0.15) is 0 Å². The van der Waals surface area contributed by atoms with Crippen LogP contribution in [-0.2, 0) is 0 Å². The van der Waals surface area contributed by atoms with Gasteiger partial charge >= 0.3 is 5.97 Å². The van der Waals surface area contributed by atoms with Crippen molar-refractivity contribution >= 4 is 27.6 Å². The summed E-state index contributed by atoms with van der Waals surface area (Å²) in [6, 6.07) is 9.72. The number of hydrogen-bond donors (Lipinski definition) is 2. The third-order valence-electron chi connectivity index (χ3n) is 3.99. The summed E-state index contributed by atoms with van der Waals surface area (Å²) in [6.45, 7) is 7.32. The first kappa shape index (κ1) is 19.3. The zero-order valence-electron chi connectivity index (χ0n) is 14.9. The van der Waals surface area contributed by atoms with Crippen LogP contribution in [-0.4, -0.2) is 24.2 Å². The lowest BCUT2D eigenvalue weighted by Crippen LogP contribution is -2.10. The molecule has 0 aliphatic heterocycles. The number of rotatable bonds is 8. The number of carboxylic acids is 1. The standard InChI is InChI=1S/C20H24BrNO3/c1-13-11-16(20(23)24)18(17(21)12-13)22-9-4-5-10-25-19-14(2)7-6-8-15(19)3/h6-8,11-12,22H,4-5,9-10H2,1-3H3,(H,23,24). The molecule has 0 amide bonds. The number of hydrogen-bond acceptors (Lipinski definition) is 3. The molecule has 0 atom stereocenters. The Bertz CT molecular complexity index is 739. The van der Waals surface area contributed by atoms with Gasteiger partial charge in [0.25, 0.3) is 0 Å². The van der Waals surface area contributed by atoms with Crippen LogP contribution in [0, 0.1) is 20.8 Å². The van der Waals surface area contributed by atoms with E-state index in [1.807, 2.05) is 45.0 Å². The van der Waals surface area contributed by atoms with Gasteiger partial charge < -0.3 is 15.2 Å². The number of aromatic carboxylic acids is 1. The van der Waals surface area contributed by atoms with Gasteiger partial charge in [-0.25, -0.2) is 4.79 Å². The van der Waals surface area contributed by atoms with Crippen molar-refractivity contribution < 1.29 is 14.6 Å². The van der Waals surface area contributed by atoms with Crippen LogP contribution in [0.5, 0.6) is 5.75 Å². The molecule has 134 valence electrons. The molecule has 0 unspecified atom stereocenters. The third kappa shape index (κ3) is 5.23. The highest BCUT2D eigenvalue weighted by Crippen LogP contribution is 2.28. The smallest absolute Gasteiger partial charge is 0.337 e. The number of carboxylic acid groups (broad SMARTS) is 1. The first-order chi connectivity index (χ1) is 11.9. The minimum Gasteiger partial charge on any atom is -0.493 e. The second kappa shape index (κ2) is 8.90. The van der Waals surface area contributed by atoms with Gasteiger partial charge in [-0.05, 0) is 78.4 Å². The average molecular weight is 406 g/mol. The highest BCUT2D eigenvalue weighted by atomic mass is 79.9. The van der Waals surface area contributed by atoms with Gasteiger partial charge in [0.15, 0.2) is 0 Å². The zero-order chi connectivity index (χ0) is 18.4. The fourth-order valence-corrected chi connectivity index (χ4v) is 3.45. The Hall–Kier alpha value is -2.01. The molecular weight excluding hydrogens is 382 g/mol. The Morgan fingerprint density at radius 2 is 1.84 bits per heavy atom. The molecule has 25 heavy (non-hydrogen) atoms. The second-order valence-electron chi connectivity index (χ2n) is 6.18. The number of para-hydroxylation sites is 1. The topological polar surface area (TPSA) is 58.6 Å². The molecule has 0 bridgehead atoms. The van der Waals surface area contributed by atoms with Crippen LogP contribution in [0.15, 0.2) is 34.8 Å². The van der Waals surface area contributed by atoms with Gasteiger partial charge in [0, 0.05) is 11.0 Å². The maximum Gasteiger partial charge on any atom is 0.337 e. The second-order valence-corrected chi connectivity index (χ2v) is 7.03. The van der Waals surface area contributed by atoms with Crippen molar-refractivity contribution in [2.45, 2.75) is 33.6 Å². The summed E-state index contributed by atoms with van der Waals surface area (Å²) in [5.74, 6) is 0.0372. The summed E-state index contributed by atoms with van der Waals surface area (Å²) in [7, 11) is 0. The molecule has 5 heteroatoms. The van der Waals surface area contributed by atoms with E-state index in [1.54, 1.807) is 6.07 Å². The number of nitrogens with one attached hydrogen (secondary N) is 1. The molecule has 2 aromatic carbocycles. The average Bonchev–Trinajstić information content (AvgIpc) is 2.54. The predicted octanol–water partition coefficient (Wildman–Crippen LogP) is 5.34. The van der Waals surface area contributed by atoms with Crippen LogP contribution in [0.2, 0.25) is 0 Å². The summed E-state index contributed by atoms with van der Waals surface area (Å²) < 4.78 is 6.66. The summed E-state index contributed by atoms with van der Waals surface area (Å²) in [5, 5.41) is 12.6. The molecule has 2 rings (SSSR count). The molecule has 0 spiro atoms. The van der Waals surface area contributed by atoms with Crippen molar-refractivity contribution in [3.8, 4) is 5.75 Å². The molecule has 0 fully saturated rings. The number of aryl methyl sites for hydroxylation is 3. The number of benzene rings is 2. The Kier molecular flexibility index (Phi) is 6.88. The molecule has 0 saturated carbocycles. The SMILES string of the molecule is Cc1cc(Br)c(NCCCCOc2c(C)cccc2C)c(C(=O)O)c1. The van der Waals surface area contributed by atoms with E-state index in [4.69, 9.17) is 4.74 Å². The summed E-state index contributed by atoms with van der Waals surface area (Å²) in [4.78, 5) is 11.4. The predicted molar refractivity (Wildman–Crippen MR) is 105 cm³/mol. The number of carbonyl (C=O) groups is 1. The lowest BCUT2D eigenvalue weighted by atomic mass is 10.1. The van der Waals surface area contributed by atoms with Crippen molar-refractivity contribution in [2.24, 2.45) is 0 Å². The fourth-order valence-electron chi connectivity index (χ4n) is 2.73. The number of unbranched alkanes of at least 4 members (excludes halogenated alkanes) is 1. The summed E-state index contributed by atoms with van der Waals surface area (Å²) in [5.41, 5.74) is 4.13. The van der Waals surface area contributed by atoms with E-state index >= 15 is 0 Å². The van der Waals surface area contributed by atoms with Crippen molar-refractivity contribution in [2.75, 3.05) is 18.5 Å². The first-order valence-electron chi connectivity index (χ1n) is 8.36. The minimum absolute atomic E-state index is 0.290. The van der Waals surface area contributed by atoms with E-state index in [0.29, 0.717) is 24.4 Å². The molecule has 2 N–H and O–H groups in total. The molecule has 0 radical (unpaired) electrons. The van der Waals surface area contributed by atoms with Gasteiger partial charge in [-0.1, -0.05) is 18.2 Å². The molecule has 0 aliphatic carbocycles. The third-order valence-corrected chi connectivity index (χ3v) is 4.62. The molecule has 0 aromatic heterocycles. The normalized spacial score (nSPS) is 10.6. The van der Waals surface area contributed by atoms with Crippen LogP contribution >= 0.6 is 15.9 Å². The number of halogens is 1. The highest BCUT2D eigenvalue weighted by molar-refractivity contribution is 9.10. The van der Waals surface area contributed by atoms with E-state index in [9.17, 15) is 9.90 Å². The fraction of sp³-hybridized carbons (Fsp3) is 0.350. The molecular formula is C20H24BrNO3. The summed E-state index contributed by atoms with van der Waals surface area (Å²) in [6.07, 6.45) is 1.79. The van der Waals surface area contributed by atoms with Crippen LogP contribution < -0.4 is 10.1 Å². The van der Waals surface area contributed by atoms with Gasteiger partial charge in [0.05, 0.1) is 17.9 Å². The highest BCUT2D eigenvalue weighted by Gasteiger charge is 2.13. The van der Waals surface area contributed by atoms with Crippen molar-refractivity contribution in [3.05, 3.63) is 57.1 Å². The zero-order valence-corrected chi connectivity index (χ0v) is 16.4. The molecule has 2 aromatic rings. The Morgan fingerprint density at radius 1 is 1.16 bits per heavy atom. The van der Waals surface area contributed by atoms with E-state index < -0.39 is 5.97 Å². The van der Waals surface area contributed by atoms with E-state index in [1.165, 1.54) is 0 Å². The molecule has 4 nitrogen and oxygen atoms in total. The quantitative estimate of drug-likeness (QED) is 0.581.